The Bertz CT molecular complexity index is 496. The van der Waals surface area contributed by atoms with E-state index in [4.69, 9.17) is 4.74 Å². The van der Waals surface area contributed by atoms with Crippen molar-refractivity contribution >= 4 is 5.91 Å². The van der Waals surface area contributed by atoms with Gasteiger partial charge in [-0.05, 0) is 6.07 Å². The number of carbonyl (C=O) groups excluding carboxylic acids is 1. The molecule has 0 aliphatic rings. The van der Waals surface area contributed by atoms with Crippen LogP contribution in [0.4, 0.5) is 0 Å². The van der Waals surface area contributed by atoms with Gasteiger partial charge < -0.3 is 15.0 Å². The smallest absolute Gasteiger partial charge is 0.255 e. The molecule has 88 valence electrons. The van der Waals surface area contributed by atoms with Crippen LogP contribution in [0.15, 0.2) is 31.0 Å². The van der Waals surface area contributed by atoms with Crippen LogP contribution in [0, 0.1) is 0 Å². The van der Waals surface area contributed by atoms with E-state index in [-0.39, 0.29) is 5.91 Å². The third kappa shape index (κ3) is 2.60. The zero-order valence-corrected chi connectivity index (χ0v) is 9.30. The van der Waals surface area contributed by atoms with Gasteiger partial charge in [0.2, 0.25) is 0 Å². The minimum atomic E-state index is -0.209. The molecule has 0 saturated heterocycles. The summed E-state index contributed by atoms with van der Waals surface area (Å²) in [6.07, 6.45) is 6.28. The number of ether oxygens (including phenoxy) is 1. The van der Waals surface area contributed by atoms with Crippen molar-refractivity contribution in [3.63, 3.8) is 0 Å². The molecule has 0 saturated carbocycles. The van der Waals surface area contributed by atoms with Gasteiger partial charge in [-0.15, -0.1) is 0 Å². The summed E-state index contributed by atoms with van der Waals surface area (Å²) >= 11 is 0. The number of amides is 1. The predicted octanol–water partition coefficient (Wildman–Crippen LogP) is 0.743. The van der Waals surface area contributed by atoms with Crippen molar-refractivity contribution in [3.8, 4) is 5.75 Å². The van der Waals surface area contributed by atoms with Crippen LogP contribution >= 0.6 is 0 Å². The van der Waals surface area contributed by atoms with Crippen molar-refractivity contribution < 1.29 is 9.53 Å². The van der Waals surface area contributed by atoms with Gasteiger partial charge in [0.15, 0.2) is 0 Å². The van der Waals surface area contributed by atoms with Crippen molar-refractivity contribution in [2.24, 2.45) is 0 Å². The first-order chi connectivity index (χ1) is 8.31. The Balaban J connectivity index is 2.04. The number of methoxy groups -OCH3 is 1. The van der Waals surface area contributed by atoms with Crippen LogP contribution in [0.5, 0.6) is 5.75 Å². The van der Waals surface area contributed by atoms with Crippen LogP contribution < -0.4 is 10.1 Å². The number of aromatic nitrogens is 3. The van der Waals surface area contributed by atoms with E-state index in [1.807, 2.05) is 0 Å². The number of pyridine rings is 1. The van der Waals surface area contributed by atoms with Gasteiger partial charge in [0.25, 0.3) is 5.91 Å². The highest BCUT2D eigenvalue weighted by atomic mass is 16.5. The Hall–Kier alpha value is -2.37. The Labute approximate surface area is 98.1 Å². The molecule has 0 aliphatic heterocycles. The number of H-pyrrole nitrogens is 1. The fourth-order valence-electron chi connectivity index (χ4n) is 1.38. The highest BCUT2D eigenvalue weighted by Crippen LogP contribution is 2.15. The zero-order chi connectivity index (χ0) is 12.1. The van der Waals surface area contributed by atoms with E-state index in [2.05, 4.69) is 20.3 Å². The fraction of sp³-hybridized carbons (Fsp3) is 0.182. The molecule has 6 nitrogen and oxygen atoms in total. The maximum atomic E-state index is 11.9. The molecular weight excluding hydrogens is 220 g/mol. The van der Waals surface area contributed by atoms with Crippen molar-refractivity contribution in [3.05, 3.63) is 42.2 Å². The quantitative estimate of drug-likeness (QED) is 0.815. The first-order valence-corrected chi connectivity index (χ1v) is 5.04. The van der Waals surface area contributed by atoms with Crippen LogP contribution in [-0.4, -0.2) is 28.0 Å². The van der Waals surface area contributed by atoms with Gasteiger partial charge in [-0.1, -0.05) is 0 Å². The number of nitrogens with zero attached hydrogens (tertiary/aromatic N) is 2. The number of nitrogens with one attached hydrogen (secondary N) is 2. The number of hydrogen-bond donors (Lipinski definition) is 2. The summed E-state index contributed by atoms with van der Waals surface area (Å²) in [7, 11) is 1.50. The zero-order valence-electron chi connectivity index (χ0n) is 9.30. The molecule has 2 N–H and O–H groups in total. The highest BCUT2D eigenvalue weighted by molar-refractivity contribution is 5.96. The van der Waals surface area contributed by atoms with E-state index in [9.17, 15) is 4.79 Å². The molecule has 0 fully saturated rings. The third-order valence-corrected chi connectivity index (χ3v) is 2.24. The summed E-state index contributed by atoms with van der Waals surface area (Å²) in [6, 6.07) is 1.61. The van der Waals surface area contributed by atoms with Crippen LogP contribution in [0.25, 0.3) is 0 Å². The normalized spacial score (nSPS) is 9.94. The molecule has 0 atom stereocenters. The molecule has 2 rings (SSSR count). The number of rotatable bonds is 4. The molecule has 0 bridgehead atoms. The van der Waals surface area contributed by atoms with E-state index < -0.39 is 0 Å². The number of imidazole rings is 1. The molecule has 6 heteroatoms. The van der Waals surface area contributed by atoms with Gasteiger partial charge in [-0.2, -0.15) is 0 Å². The third-order valence-electron chi connectivity index (χ3n) is 2.24. The van der Waals surface area contributed by atoms with Gasteiger partial charge in [-0.25, -0.2) is 4.98 Å². The molecule has 1 amide bonds. The highest BCUT2D eigenvalue weighted by Gasteiger charge is 2.11. The Morgan fingerprint density at radius 1 is 1.47 bits per heavy atom. The average molecular weight is 232 g/mol. The Kier molecular flexibility index (Phi) is 3.34. The fourth-order valence-corrected chi connectivity index (χ4v) is 1.38. The van der Waals surface area contributed by atoms with Crippen LogP contribution in [-0.2, 0) is 6.54 Å². The lowest BCUT2D eigenvalue weighted by Gasteiger charge is -2.07. The molecule has 2 aromatic rings. The van der Waals surface area contributed by atoms with Crippen molar-refractivity contribution in [1.29, 1.82) is 0 Å². The van der Waals surface area contributed by atoms with Crippen LogP contribution in [0.3, 0.4) is 0 Å². The van der Waals surface area contributed by atoms with Gasteiger partial charge >= 0.3 is 0 Å². The monoisotopic (exact) mass is 232 g/mol. The molecule has 0 aliphatic carbocycles. The van der Waals surface area contributed by atoms with Crippen molar-refractivity contribution in [1.82, 2.24) is 20.3 Å². The second kappa shape index (κ2) is 5.11. The molecule has 0 radical (unpaired) electrons. The molecule has 17 heavy (non-hydrogen) atoms. The minimum Gasteiger partial charge on any atom is -0.494 e. The van der Waals surface area contributed by atoms with Gasteiger partial charge in [0.1, 0.15) is 5.75 Å². The van der Waals surface area contributed by atoms with E-state index in [0.717, 1.165) is 5.69 Å². The van der Waals surface area contributed by atoms with Crippen LogP contribution in [0.1, 0.15) is 16.1 Å². The second-order valence-electron chi connectivity index (χ2n) is 3.34. The van der Waals surface area contributed by atoms with E-state index in [1.165, 1.54) is 13.3 Å². The van der Waals surface area contributed by atoms with Gasteiger partial charge in [0.05, 0.1) is 37.4 Å². The largest absolute Gasteiger partial charge is 0.494 e. The summed E-state index contributed by atoms with van der Waals surface area (Å²) in [6.45, 7) is 0.393. The van der Waals surface area contributed by atoms with E-state index in [1.54, 1.807) is 24.8 Å². The summed E-state index contributed by atoms with van der Waals surface area (Å²) in [5.74, 6) is 0.244. The Morgan fingerprint density at radius 3 is 3.06 bits per heavy atom. The summed E-state index contributed by atoms with van der Waals surface area (Å²) in [4.78, 5) is 22.5. The van der Waals surface area contributed by atoms with Crippen LogP contribution in [0.2, 0.25) is 0 Å². The summed E-state index contributed by atoms with van der Waals surface area (Å²) in [5.41, 5.74) is 1.30. The maximum Gasteiger partial charge on any atom is 0.255 e. The second-order valence-corrected chi connectivity index (χ2v) is 3.34. The van der Waals surface area contributed by atoms with Gasteiger partial charge in [0, 0.05) is 12.4 Å². The van der Waals surface area contributed by atoms with E-state index in [0.29, 0.717) is 17.9 Å². The summed E-state index contributed by atoms with van der Waals surface area (Å²) in [5, 5.41) is 2.76. The molecule has 2 heterocycles. The number of hydrogen-bond acceptors (Lipinski definition) is 4. The minimum absolute atomic E-state index is 0.209. The first-order valence-electron chi connectivity index (χ1n) is 5.04. The standard InChI is InChI=1S/C11H12N4O2/c1-17-10-6-12-3-2-9(10)11(16)14-5-8-4-13-7-15-8/h2-4,6-7H,5H2,1H3,(H,13,15)(H,14,16). The van der Waals surface area contributed by atoms with Crippen molar-refractivity contribution in [2.75, 3.05) is 7.11 Å². The molecular formula is C11H12N4O2. The summed E-state index contributed by atoms with van der Waals surface area (Å²) < 4.78 is 5.06. The first kappa shape index (κ1) is 11.1. The maximum absolute atomic E-state index is 11.9. The topological polar surface area (TPSA) is 79.9 Å². The Morgan fingerprint density at radius 2 is 2.35 bits per heavy atom. The lowest BCUT2D eigenvalue weighted by molar-refractivity contribution is 0.0947. The lowest BCUT2D eigenvalue weighted by atomic mass is 10.2. The predicted molar refractivity (Wildman–Crippen MR) is 60.5 cm³/mol. The number of aromatic amines is 1. The van der Waals surface area contributed by atoms with Gasteiger partial charge in [-0.3, -0.25) is 9.78 Å². The average Bonchev–Trinajstić information content (AvgIpc) is 2.89. The van der Waals surface area contributed by atoms with E-state index >= 15 is 0 Å². The SMILES string of the molecule is COc1cnccc1C(=O)NCc1cnc[nH]1. The molecule has 0 unspecified atom stereocenters. The molecule has 0 aromatic carbocycles. The molecule has 2 aromatic heterocycles. The number of carbonyl (C=O) groups is 1. The lowest BCUT2D eigenvalue weighted by Crippen LogP contribution is -2.23. The molecule has 0 spiro atoms. The van der Waals surface area contributed by atoms with Crippen molar-refractivity contribution in [2.45, 2.75) is 6.54 Å².